The Kier molecular flexibility index (Phi) is 11.3. The van der Waals surface area contributed by atoms with Crippen LogP contribution in [0.15, 0.2) is 40.3 Å². The van der Waals surface area contributed by atoms with Crippen LogP contribution in [0.3, 0.4) is 0 Å². The third-order valence-corrected chi connectivity index (χ3v) is 7.43. The summed E-state index contributed by atoms with van der Waals surface area (Å²) in [6.07, 6.45) is 3.15. The molecule has 0 bridgehead atoms. The quantitative estimate of drug-likeness (QED) is 0.333. The standard InChI is InChI=1S/C26H38N4O4S/c1-4-5-11-23(24(31)27-12-13-30-14-16-34-17-15-30)35-26-28-22(19-33-3)21(25(32)29(26)2)18-20-9-7-6-8-10-20/h6-10,23H,4-5,11-19H2,1-3H3,(H,27,31). The van der Waals surface area contributed by atoms with Crippen LogP contribution in [-0.2, 0) is 34.3 Å². The Balaban J connectivity index is 1.75. The molecule has 2 heterocycles. The molecule has 1 unspecified atom stereocenters. The van der Waals surface area contributed by atoms with E-state index in [9.17, 15) is 9.59 Å². The highest BCUT2D eigenvalue weighted by molar-refractivity contribution is 8.00. The number of nitrogens with zero attached hydrogens (tertiary/aromatic N) is 3. The van der Waals surface area contributed by atoms with Gasteiger partial charge in [-0.25, -0.2) is 4.98 Å². The molecule has 0 saturated carbocycles. The number of amides is 1. The van der Waals surface area contributed by atoms with E-state index in [2.05, 4.69) is 17.1 Å². The minimum absolute atomic E-state index is 0.00684. The monoisotopic (exact) mass is 502 g/mol. The Labute approximate surface area is 212 Å². The molecule has 35 heavy (non-hydrogen) atoms. The first-order valence-corrected chi connectivity index (χ1v) is 13.3. The van der Waals surface area contributed by atoms with Crippen molar-refractivity contribution in [1.82, 2.24) is 19.8 Å². The van der Waals surface area contributed by atoms with Gasteiger partial charge in [0.2, 0.25) is 5.91 Å². The van der Waals surface area contributed by atoms with Gasteiger partial charge in [-0.05, 0) is 12.0 Å². The van der Waals surface area contributed by atoms with Crippen molar-refractivity contribution >= 4 is 17.7 Å². The highest BCUT2D eigenvalue weighted by atomic mass is 32.2. The van der Waals surface area contributed by atoms with E-state index < -0.39 is 0 Å². The first-order chi connectivity index (χ1) is 17.0. The minimum atomic E-state index is -0.312. The predicted molar refractivity (Wildman–Crippen MR) is 139 cm³/mol. The van der Waals surface area contributed by atoms with Gasteiger partial charge >= 0.3 is 0 Å². The lowest BCUT2D eigenvalue weighted by Crippen LogP contribution is -2.43. The molecule has 3 rings (SSSR count). The van der Waals surface area contributed by atoms with E-state index in [1.165, 1.54) is 11.8 Å². The Bertz CT molecular complexity index is 993. The van der Waals surface area contributed by atoms with Crippen LogP contribution in [0.4, 0.5) is 0 Å². The van der Waals surface area contributed by atoms with Gasteiger partial charge in [-0.3, -0.25) is 19.1 Å². The number of nitrogens with one attached hydrogen (secondary N) is 1. The highest BCUT2D eigenvalue weighted by Gasteiger charge is 2.24. The van der Waals surface area contributed by atoms with Crippen molar-refractivity contribution in [3.8, 4) is 0 Å². The summed E-state index contributed by atoms with van der Waals surface area (Å²) in [5.41, 5.74) is 2.21. The van der Waals surface area contributed by atoms with Crippen molar-refractivity contribution < 1.29 is 14.3 Å². The van der Waals surface area contributed by atoms with Crippen molar-refractivity contribution in [2.24, 2.45) is 7.05 Å². The SMILES string of the molecule is CCCCC(Sc1nc(COC)c(Cc2ccccc2)c(=O)n1C)C(=O)NCCN1CCOCC1. The van der Waals surface area contributed by atoms with Gasteiger partial charge in [0.05, 0.1) is 30.8 Å². The zero-order chi connectivity index (χ0) is 25.0. The number of ether oxygens (including phenoxy) is 2. The first-order valence-electron chi connectivity index (χ1n) is 12.4. The number of thioether (sulfide) groups is 1. The molecule has 0 radical (unpaired) electrons. The number of morpholine rings is 1. The van der Waals surface area contributed by atoms with E-state index in [0.29, 0.717) is 29.4 Å². The van der Waals surface area contributed by atoms with E-state index in [-0.39, 0.29) is 23.3 Å². The Morgan fingerprint density at radius 3 is 2.69 bits per heavy atom. The van der Waals surface area contributed by atoms with Gasteiger partial charge in [0.25, 0.3) is 5.56 Å². The molecule has 2 aromatic rings. The molecule has 192 valence electrons. The van der Waals surface area contributed by atoms with Gasteiger partial charge in [-0.1, -0.05) is 61.9 Å². The van der Waals surface area contributed by atoms with Crippen molar-refractivity contribution in [2.75, 3.05) is 46.5 Å². The summed E-state index contributed by atoms with van der Waals surface area (Å²) in [6.45, 7) is 7.04. The maximum Gasteiger partial charge on any atom is 0.257 e. The molecular weight excluding hydrogens is 464 g/mol. The molecule has 1 saturated heterocycles. The van der Waals surface area contributed by atoms with Crippen LogP contribution in [0.25, 0.3) is 0 Å². The third-order valence-electron chi connectivity index (χ3n) is 6.12. The lowest BCUT2D eigenvalue weighted by atomic mass is 10.0. The molecule has 1 atom stereocenters. The second-order valence-corrected chi connectivity index (χ2v) is 9.94. The van der Waals surface area contributed by atoms with Crippen molar-refractivity contribution in [1.29, 1.82) is 0 Å². The molecule has 1 aromatic heterocycles. The molecule has 0 aliphatic carbocycles. The topological polar surface area (TPSA) is 85.7 Å². The van der Waals surface area contributed by atoms with Crippen molar-refractivity contribution in [3.05, 3.63) is 57.5 Å². The van der Waals surface area contributed by atoms with E-state index in [1.807, 2.05) is 30.3 Å². The third kappa shape index (κ3) is 8.17. The molecule has 1 aliphatic rings. The fourth-order valence-electron chi connectivity index (χ4n) is 4.05. The number of rotatable bonds is 13. The molecule has 1 fully saturated rings. The van der Waals surface area contributed by atoms with Crippen LogP contribution in [0.5, 0.6) is 0 Å². The van der Waals surface area contributed by atoms with E-state index in [1.54, 1.807) is 18.7 Å². The Morgan fingerprint density at radius 1 is 1.26 bits per heavy atom. The number of hydrogen-bond acceptors (Lipinski definition) is 7. The van der Waals surface area contributed by atoms with E-state index >= 15 is 0 Å². The number of aromatic nitrogens is 2. The summed E-state index contributed by atoms with van der Waals surface area (Å²) >= 11 is 1.37. The van der Waals surface area contributed by atoms with E-state index in [0.717, 1.165) is 57.7 Å². The summed E-state index contributed by atoms with van der Waals surface area (Å²) in [4.78, 5) is 33.5. The Morgan fingerprint density at radius 2 is 2.00 bits per heavy atom. The smallest absolute Gasteiger partial charge is 0.257 e. The lowest BCUT2D eigenvalue weighted by Gasteiger charge is -2.26. The molecule has 1 aliphatic heterocycles. The summed E-state index contributed by atoms with van der Waals surface area (Å²) < 4.78 is 12.3. The van der Waals surface area contributed by atoms with Gasteiger partial charge in [0.1, 0.15) is 0 Å². The van der Waals surface area contributed by atoms with Crippen LogP contribution in [0, 0.1) is 0 Å². The average molecular weight is 503 g/mol. The zero-order valence-electron chi connectivity index (χ0n) is 21.1. The Hall–Kier alpha value is -2.20. The fourth-order valence-corrected chi connectivity index (χ4v) is 5.18. The zero-order valence-corrected chi connectivity index (χ0v) is 21.9. The number of unbranched alkanes of at least 4 members (excludes halogenated alkanes) is 1. The van der Waals surface area contributed by atoms with Crippen LogP contribution in [0.2, 0.25) is 0 Å². The van der Waals surface area contributed by atoms with Crippen LogP contribution in [-0.4, -0.2) is 72.1 Å². The number of hydrogen-bond donors (Lipinski definition) is 1. The first kappa shape index (κ1) is 27.4. The van der Waals surface area contributed by atoms with Crippen molar-refractivity contribution in [2.45, 2.75) is 49.6 Å². The summed E-state index contributed by atoms with van der Waals surface area (Å²) in [6, 6.07) is 9.88. The molecule has 9 heteroatoms. The molecule has 0 spiro atoms. The number of methoxy groups -OCH3 is 1. The second kappa shape index (κ2) is 14.4. The van der Waals surface area contributed by atoms with Gasteiger partial charge in [-0.15, -0.1) is 0 Å². The molecule has 1 N–H and O–H groups in total. The van der Waals surface area contributed by atoms with Gasteiger partial charge in [0, 0.05) is 52.3 Å². The van der Waals surface area contributed by atoms with Crippen LogP contribution >= 0.6 is 11.8 Å². The summed E-state index contributed by atoms with van der Waals surface area (Å²) in [5.74, 6) is -0.00684. The highest BCUT2D eigenvalue weighted by Crippen LogP contribution is 2.26. The molecule has 8 nitrogen and oxygen atoms in total. The maximum atomic E-state index is 13.3. The van der Waals surface area contributed by atoms with Gasteiger partial charge in [-0.2, -0.15) is 0 Å². The largest absolute Gasteiger partial charge is 0.379 e. The summed E-state index contributed by atoms with van der Waals surface area (Å²) in [5, 5.41) is 3.33. The lowest BCUT2D eigenvalue weighted by molar-refractivity contribution is -0.120. The van der Waals surface area contributed by atoms with Crippen LogP contribution in [0.1, 0.15) is 43.0 Å². The number of carbonyl (C=O) groups excluding carboxylic acids is 1. The number of carbonyl (C=O) groups is 1. The van der Waals surface area contributed by atoms with E-state index in [4.69, 9.17) is 14.5 Å². The average Bonchev–Trinajstić information content (AvgIpc) is 2.88. The minimum Gasteiger partial charge on any atom is -0.379 e. The normalized spacial score (nSPS) is 15.2. The van der Waals surface area contributed by atoms with Gasteiger partial charge < -0.3 is 14.8 Å². The van der Waals surface area contributed by atoms with Crippen LogP contribution < -0.4 is 10.9 Å². The maximum absolute atomic E-state index is 13.3. The number of benzene rings is 1. The molecule has 1 aromatic carbocycles. The molecular formula is C26H38N4O4S. The second-order valence-electron chi connectivity index (χ2n) is 8.77. The molecule has 1 amide bonds. The van der Waals surface area contributed by atoms with Crippen molar-refractivity contribution in [3.63, 3.8) is 0 Å². The fraction of sp³-hybridized carbons (Fsp3) is 0.577. The summed E-state index contributed by atoms with van der Waals surface area (Å²) in [7, 11) is 3.33. The predicted octanol–water partition coefficient (Wildman–Crippen LogP) is 2.62. The van der Waals surface area contributed by atoms with Gasteiger partial charge in [0.15, 0.2) is 5.16 Å².